The highest BCUT2D eigenvalue weighted by Gasteiger charge is 2.43. The lowest BCUT2D eigenvalue weighted by Gasteiger charge is -2.34. The average Bonchev–Trinajstić information content (AvgIpc) is 3.30. The minimum absolute atomic E-state index is 0.0339. The molecular formula is C28H28FN3O4. The quantitative estimate of drug-likeness (QED) is 0.397. The van der Waals surface area contributed by atoms with Crippen LogP contribution in [0.3, 0.4) is 0 Å². The molecule has 1 aromatic heterocycles. The zero-order valence-corrected chi connectivity index (χ0v) is 19.9. The van der Waals surface area contributed by atoms with Crippen LogP contribution in [0.1, 0.15) is 28.8 Å². The summed E-state index contributed by atoms with van der Waals surface area (Å²) in [5, 5.41) is 3.64. The lowest BCUT2D eigenvalue weighted by atomic mass is 9.70. The number of amides is 1. The Bertz CT molecular complexity index is 1330. The Balaban J connectivity index is 1.57. The molecule has 4 N–H and O–H groups in total. The molecule has 1 heterocycles. The van der Waals surface area contributed by atoms with Crippen LogP contribution in [0.4, 0.5) is 4.39 Å². The highest BCUT2D eigenvalue weighted by molar-refractivity contribution is 5.98. The first-order chi connectivity index (χ1) is 17.3. The SMILES string of the molecule is COC(=O)[C@@H](CC1(C(=O)[C@@H](N)Cc2c[nH]c3ccccc23)C=CC=CC1)NC(=O)c1ccc(F)cc1. The lowest BCUT2D eigenvalue weighted by molar-refractivity contribution is -0.144. The summed E-state index contributed by atoms with van der Waals surface area (Å²) in [5.41, 5.74) is 7.39. The fourth-order valence-electron chi connectivity index (χ4n) is 4.64. The fourth-order valence-corrected chi connectivity index (χ4v) is 4.64. The van der Waals surface area contributed by atoms with E-state index in [9.17, 15) is 18.8 Å². The molecule has 8 heteroatoms. The third-order valence-electron chi connectivity index (χ3n) is 6.55. The van der Waals surface area contributed by atoms with Gasteiger partial charge in [0, 0.05) is 22.7 Å². The molecule has 1 aliphatic rings. The summed E-state index contributed by atoms with van der Waals surface area (Å²) in [5.74, 6) is -1.99. The van der Waals surface area contributed by atoms with Gasteiger partial charge < -0.3 is 20.8 Å². The number of nitrogens with one attached hydrogen (secondary N) is 2. The number of ketones is 1. The maximum Gasteiger partial charge on any atom is 0.328 e. The van der Waals surface area contributed by atoms with Crippen LogP contribution in [-0.4, -0.2) is 41.8 Å². The van der Waals surface area contributed by atoms with Crippen molar-refractivity contribution in [2.45, 2.75) is 31.3 Å². The van der Waals surface area contributed by atoms with Crippen molar-refractivity contribution >= 4 is 28.6 Å². The van der Waals surface area contributed by atoms with Gasteiger partial charge in [0.15, 0.2) is 5.78 Å². The summed E-state index contributed by atoms with van der Waals surface area (Å²) in [6.07, 6.45) is 9.60. The van der Waals surface area contributed by atoms with Gasteiger partial charge in [-0.3, -0.25) is 9.59 Å². The van der Waals surface area contributed by atoms with Crippen molar-refractivity contribution in [3.05, 3.63) is 96.0 Å². The van der Waals surface area contributed by atoms with Gasteiger partial charge in [0.25, 0.3) is 5.91 Å². The van der Waals surface area contributed by atoms with Crippen molar-refractivity contribution in [2.75, 3.05) is 7.11 Å². The molecule has 0 saturated heterocycles. The molecule has 7 nitrogen and oxygen atoms in total. The highest BCUT2D eigenvalue weighted by atomic mass is 19.1. The third-order valence-corrected chi connectivity index (χ3v) is 6.55. The highest BCUT2D eigenvalue weighted by Crippen LogP contribution is 2.36. The number of carbonyl (C=O) groups is 3. The molecule has 0 spiro atoms. The Morgan fingerprint density at radius 2 is 1.89 bits per heavy atom. The number of carbonyl (C=O) groups excluding carboxylic acids is 3. The van der Waals surface area contributed by atoms with Crippen LogP contribution in [0.25, 0.3) is 10.9 Å². The van der Waals surface area contributed by atoms with Gasteiger partial charge in [0.05, 0.1) is 18.6 Å². The van der Waals surface area contributed by atoms with E-state index in [4.69, 9.17) is 10.5 Å². The molecule has 4 rings (SSSR count). The van der Waals surface area contributed by atoms with E-state index in [0.29, 0.717) is 12.8 Å². The average molecular weight is 490 g/mol. The number of halogens is 1. The van der Waals surface area contributed by atoms with Crippen molar-refractivity contribution in [3.8, 4) is 0 Å². The van der Waals surface area contributed by atoms with Crippen LogP contribution < -0.4 is 11.1 Å². The van der Waals surface area contributed by atoms with E-state index in [1.54, 1.807) is 12.2 Å². The van der Waals surface area contributed by atoms with Gasteiger partial charge in [-0.2, -0.15) is 0 Å². The minimum Gasteiger partial charge on any atom is -0.467 e. The van der Waals surface area contributed by atoms with E-state index in [0.717, 1.165) is 28.6 Å². The van der Waals surface area contributed by atoms with E-state index in [2.05, 4.69) is 10.3 Å². The molecule has 1 aliphatic carbocycles. The molecule has 36 heavy (non-hydrogen) atoms. The number of benzene rings is 2. The number of esters is 1. The summed E-state index contributed by atoms with van der Waals surface area (Å²) in [6, 6.07) is 10.8. The number of nitrogens with two attached hydrogens (primary N) is 1. The monoisotopic (exact) mass is 489 g/mol. The molecule has 1 unspecified atom stereocenters. The van der Waals surface area contributed by atoms with E-state index in [-0.39, 0.29) is 17.8 Å². The second-order valence-electron chi connectivity index (χ2n) is 8.94. The molecule has 1 amide bonds. The number of hydrogen-bond donors (Lipinski definition) is 3. The van der Waals surface area contributed by atoms with Crippen molar-refractivity contribution in [1.29, 1.82) is 0 Å². The van der Waals surface area contributed by atoms with Crippen molar-refractivity contribution in [2.24, 2.45) is 11.1 Å². The Hall–Kier alpha value is -4.04. The van der Waals surface area contributed by atoms with Crippen LogP contribution in [0.5, 0.6) is 0 Å². The summed E-state index contributed by atoms with van der Waals surface area (Å²) < 4.78 is 18.2. The second kappa shape index (κ2) is 10.7. The van der Waals surface area contributed by atoms with E-state index >= 15 is 0 Å². The van der Waals surface area contributed by atoms with Gasteiger partial charge in [-0.25, -0.2) is 9.18 Å². The first kappa shape index (κ1) is 25.1. The number of ether oxygens (including phenoxy) is 1. The molecular weight excluding hydrogens is 461 g/mol. The van der Waals surface area contributed by atoms with Crippen molar-refractivity contribution in [3.63, 3.8) is 0 Å². The molecule has 0 radical (unpaired) electrons. The number of para-hydroxylation sites is 1. The number of rotatable bonds is 9. The van der Waals surface area contributed by atoms with Crippen LogP contribution in [0.15, 0.2) is 79.0 Å². The lowest BCUT2D eigenvalue weighted by Crippen LogP contribution is -2.50. The van der Waals surface area contributed by atoms with Gasteiger partial charge in [0.2, 0.25) is 0 Å². The first-order valence-electron chi connectivity index (χ1n) is 11.7. The number of fused-ring (bicyclic) bond motifs is 1. The molecule has 3 aromatic rings. The molecule has 0 fully saturated rings. The number of Topliss-reactive ketones (excluding diaryl/α,β-unsaturated/α-hetero) is 1. The van der Waals surface area contributed by atoms with Crippen molar-refractivity contribution < 1.29 is 23.5 Å². The van der Waals surface area contributed by atoms with Crippen LogP contribution in [-0.2, 0) is 20.7 Å². The summed E-state index contributed by atoms with van der Waals surface area (Å²) in [4.78, 5) is 42.4. The van der Waals surface area contributed by atoms with Crippen LogP contribution >= 0.6 is 0 Å². The van der Waals surface area contributed by atoms with Crippen molar-refractivity contribution in [1.82, 2.24) is 10.3 Å². The Morgan fingerprint density at radius 1 is 1.14 bits per heavy atom. The van der Waals surface area contributed by atoms with Gasteiger partial charge in [-0.1, -0.05) is 42.5 Å². The smallest absolute Gasteiger partial charge is 0.328 e. The third kappa shape index (κ3) is 5.28. The summed E-state index contributed by atoms with van der Waals surface area (Å²) >= 11 is 0. The van der Waals surface area contributed by atoms with E-state index < -0.39 is 35.2 Å². The number of aromatic nitrogens is 1. The maximum absolute atomic E-state index is 13.8. The number of aromatic amines is 1. The Labute approximate surface area is 208 Å². The zero-order chi connectivity index (χ0) is 25.7. The molecule has 186 valence electrons. The minimum atomic E-state index is -1.12. The van der Waals surface area contributed by atoms with Gasteiger partial charge >= 0.3 is 5.97 Å². The Kier molecular flexibility index (Phi) is 7.45. The second-order valence-corrected chi connectivity index (χ2v) is 8.94. The number of methoxy groups -OCH3 is 1. The van der Waals surface area contributed by atoms with Crippen LogP contribution in [0, 0.1) is 11.2 Å². The fraction of sp³-hybridized carbons (Fsp3) is 0.250. The van der Waals surface area contributed by atoms with Gasteiger partial charge in [-0.15, -0.1) is 0 Å². The number of H-pyrrole nitrogens is 1. The zero-order valence-electron chi connectivity index (χ0n) is 19.9. The Morgan fingerprint density at radius 3 is 2.58 bits per heavy atom. The first-order valence-corrected chi connectivity index (χ1v) is 11.7. The number of hydrogen-bond acceptors (Lipinski definition) is 5. The summed E-state index contributed by atoms with van der Waals surface area (Å²) in [7, 11) is 1.22. The number of allylic oxidation sites excluding steroid dienone is 4. The van der Waals surface area contributed by atoms with E-state index in [1.165, 1.54) is 19.2 Å². The predicted molar refractivity (Wildman–Crippen MR) is 135 cm³/mol. The molecule has 0 saturated carbocycles. The molecule has 2 aromatic carbocycles. The summed E-state index contributed by atoms with van der Waals surface area (Å²) in [6.45, 7) is 0. The topological polar surface area (TPSA) is 114 Å². The van der Waals surface area contributed by atoms with Crippen LogP contribution in [0.2, 0.25) is 0 Å². The molecule has 0 aliphatic heterocycles. The maximum atomic E-state index is 13.8. The largest absolute Gasteiger partial charge is 0.467 e. The van der Waals surface area contributed by atoms with Gasteiger partial charge in [-0.05, 0) is 55.2 Å². The normalized spacial score (nSPS) is 18.5. The van der Waals surface area contributed by atoms with E-state index in [1.807, 2.05) is 42.6 Å². The van der Waals surface area contributed by atoms with Gasteiger partial charge in [0.1, 0.15) is 11.9 Å². The molecule has 0 bridgehead atoms. The standard InChI is InChI=1S/C28H28FN3O4/c1-36-27(35)24(32-26(34)18-9-11-20(29)12-10-18)16-28(13-5-2-6-14-28)25(33)22(30)15-19-17-31-23-8-4-3-7-21(19)23/h2-13,17,22,24,31H,14-16,30H2,1H3,(H,32,34)/t22-,24+,28?/m0/s1. The molecule has 3 atom stereocenters. The predicted octanol–water partition coefficient (Wildman–Crippen LogP) is 3.61.